The fraction of sp³-hybridized carbons (Fsp3) is 0.150. The van der Waals surface area contributed by atoms with Gasteiger partial charge < -0.3 is 18.9 Å². The van der Waals surface area contributed by atoms with Crippen molar-refractivity contribution in [1.82, 2.24) is 9.97 Å². The van der Waals surface area contributed by atoms with E-state index in [2.05, 4.69) is 9.97 Å². The van der Waals surface area contributed by atoms with Gasteiger partial charge in [0.1, 0.15) is 47.6 Å². The second-order valence-electron chi connectivity index (χ2n) is 13.0. The molecule has 292 valence electrons. The van der Waals surface area contributed by atoms with Gasteiger partial charge in [0.15, 0.2) is 0 Å². The summed E-state index contributed by atoms with van der Waals surface area (Å²) in [5.74, 6) is 3.09. The molecule has 2 unspecified atom stereocenters. The van der Waals surface area contributed by atoms with Crippen LogP contribution in [0.4, 0.5) is 22.7 Å². The highest BCUT2D eigenvalue weighted by molar-refractivity contribution is 5.46. The highest BCUT2D eigenvalue weighted by Crippen LogP contribution is 2.39. The van der Waals surface area contributed by atoms with Crippen molar-refractivity contribution in [2.45, 2.75) is 37.9 Å². The number of pyridine rings is 2. The van der Waals surface area contributed by atoms with Crippen molar-refractivity contribution in [1.29, 1.82) is 0 Å². The number of aryl methyl sites for hydroxylation is 2. The van der Waals surface area contributed by atoms with E-state index >= 15 is 0 Å². The van der Waals surface area contributed by atoms with Crippen LogP contribution in [0.3, 0.4) is 0 Å². The van der Waals surface area contributed by atoms with Gasteiger partial charge in [0.25, 0.3) is 22.7 Å². The van der Waals surface area contributed by atoms with Crippen LogP contribution in [-0.4, -0.2) is 29.7 Å². The Labute approximate surface area is 327 Å². The number of nitro groups is 4. The lowest BCUT2D eigenvalue weighted by Gasteiger charge is -2.26. The summed E-state index contributed by atoms with van der Waals surface area (Å²) in [7, 11) is 0. The monoisotopic (exact) mass is 786 g/mol. The van der Waals surface area contributed by atoms with E-state index in [4.69, 9.17) is 18.9 Å². The molecular formula is C40H30N6O12. The molecule has 0 radical (unpaired) electrons. The van der Waals surface area contributed by atoms with Crippen molar-refractivity contribution in [3.63, 3.8) is 0 Å². The number of rotatable bonds is 10. The zero-order valence-corrected chi connectivity index (χ0v) is 30.1. The van der Waals surface area contributed by atoms with Crippen LogP contribution in [0.15, 0.2) is 122 Å². The van der Waals surface area contributed by atoms with Crippen molar-refractivity contribution in [2.24, 2.45) is 0 Å². The largest absolute Gasteiger partial charge is 0.485 e. The van der Waals surface area contributed by atoms with Crippen LogP contribution in [-0.2, 0) is 12.8 Å². The maximum atomic E-state index is 10.8. The smallest absolute Gasteiger partial charge is 0.287 e. The first-order chi connectivity index (χ1) is 28.0. The Bertz CT molecular complexity index is 2310. The van der Waals surface area contributed by atoms with E-state index in [9.17, 15) is 40.5 Å². The molecule has 0 saturated carbocycles. The van der Waals surface area contributed by atoms with Gasteiger partial charge in [-0.3, -0.25) is 40.5 Å². The predicted molar refractivity (Wildman–Crippen MR) is 204 cm³/mol. The molecule has 0 N–H and O–H groups in total. The summed E-state index contributed by atoms with van der Waals surface area (Å²) in [6, 6.07) is 29.1. The molecule has 8 rings (SSSR count). The first-order valence-electron chi connectivity index (χ1n) is 17.6. The van der Waals surface area contributed by atoms with Crippen molar-refractivity contribution in [3.05, 3.63) is 184 Å². The number of hydrogen-bond acceptors (Lipinski definition) is 14. The standard InChI is InChI=1S/2C20H15N3O6/c2*24-22(25)15-4-1-13(2-5-15)18-8-3-14-11-17(7-9-19(14)29-18)28-20-10-6-16(12-21-20)23(26)27/h2*1-2,4-7,9-12,18H,3,8H2. The normalized spacial score (nSPS) is 15.1. The topological polar surface area (TPSA) is 235 Å². The van der Waals surface area contributed by atoms with Gasteiger partial charge in [-0.05, 0) is 109 Å². The third kappa shape index (κ3) is 9.08. The lowest BCUT2D eigenvalue weighted by Crippen LogP contribution is -2.15. The van der Waals surface area contributed by atoms with Gasteiger partial charge in [-0.25, -0.2) is 9.97 Å². The van der Waals surface area contributed by atoms with Crippen LogP contribution < -0.4 is 18.9 Å². The lowest BCUT2D eigenvalue weighted by atomic mass is 9.97. The molecule has 2 aromatic heterocycles. The van der Waals surface area contributed by atoms with Crippen LogP contribution in [0.2, 0.25) is 0 Å². The van der Waals surface area contributed by atoms with Crippen molar-refractivity contribution < 1.29 is 38.6 Å². The molecule has 0 saturated heterocycles. The molecule has 18 heteroatoms. The molecule has 0 spiro atoms. The van der Waals surface area contributed by atoms with Gasteiger partial charge in [-0.1, -0.05) is 0 Å². The zero-order chi connectivity index (χ0) is 40.8. The number of nitrogens with zero attached hydrogens (tertiary/aromatic N) is 6. The molecule has 2 aliphatic rings. The number of benzene rings is 4. The minimum absolute atomic E-state index is 0.0478. The summed E-state index contributed by atoms with van der Waals surface area (Å²) in [6.07, 6.45) is 4.90. The molecule has 4 aromatic carbocycles. The van der Waals surface area contributed by atoms with Gasteiger partial charge in [-0.15, -0.1) is 0 Å². The molecule has 2 atom stereocenters. The maximum absolute atomic E-state index is 10.8. The molecule has 2 aliphatic heterocycles. The summed E-state index contributed by atoms with van der Waals surface area (Å²) in [5, 5.41) is 43.0. The van der Waals surface area contributed by atoms with Crippen molar-refractivity contribution in [2.75, 3.05) is 0 Å². The Morgan fingerprint density at radius 2 is 0.845 bits per heavy atom. The summed E-state index contributed by atoms with van der Waals surface area (Å²) in [6.45, 7) is 0. The highest BCUT2D eigenvalue weighted by atomic mass is 16.6. The first kappa shape index (κ1) is 38.3. The molecular weight excluding hydrogens is 756 g/mol. The summed E-state index contributed by atoms with van der Waals surface area (Å²) in [4.78, 5) is 48.9. The van der Waals surface area contributed by atoms with Crippen LogP contribution in [0.5, 0.6) is 34.8 Å². The second-order valence-corrected chi connectivity index (χ2v) is 13.0. The minimum Gasteiger partial charge on any atom is -0.485 e. The first-order valence-corrected chi connectivity index (χ1v) is 17.6. The van der Waals surface area contributed by atoms with Gasteiger partial charge >= 0.3 is 0 Å². The molecule has 6 aromatic rings. The molecule has 0 aliphatic carbocycles. The third-order valence-electron chi connectivity index (χ3n) is 9.21. The SMILES string of the molecule is O=[N+]([O-])c1ccc(C2CCc3cc(Oc4ccc([N+](=O)[O-])cn4)ccc3O2)cc1.O=[N+]([O-])c1ccc(C2CCc3cc(Oc4ccc([N+](=O)[O-])cn4)ccc3O2)cc1. The van der Waals surface area contributed by atoms with Crippen LogP contribution in [0, 0.1) is 40.5 Å². The van der Waals surface area contributed by atoms with Gasteiger partial charge in [0, 0.05) is 48.5 Å². The maximum Gasteiger partial charge on any atom is 0.287 e. The Kier molecular flexibility index (Phi) is 11.1. The van der Waals surface area contributed by atoms with Gasteiger partial charge in [-0.2, -0.15) is 0 Å². The van der Waals surface area contributed by atoms with E-state index in [1.54, 1.807) is 48.5 Å². The Morgan fingerprint density at radius 1 is 0.483 bits per heavy atom. The van der Waals surface area contributed by atoms with Gasteiger partial charge in [0.05, 0.1) is 19.7 Å². The number of ether oxygens (including phenoxy) is 4. The fourth-order valence-corrected chi connectivity index (χ4v) is 6.27. The van der Waals surface area contributed by atoms with Gasteiger partial charge in [0.2, 0.25) is 11.8 Å². The third-order valence-corrected chi connectivity index (χ3v) is 9.21. The summed E-state index contributed by atoms with van der Waals surface area (Å²) in [5.41, 5.74) is 3.61. The molecule has 0 bridgehead atoms. The molecule has 18 nitrogen and oxygen atoms in total. The van der Waals surface area contributed by atoms with E-state index in [1.165, 1.54) is 48.5 Å². The minimum atomic E-state index is -0.519. The summed E-state index contributed by atoms with van der Waals surface area (Å²) >= 11 is 0. The fourth-order valence-electron chi connectivity index (χ4n) is 6.27. The number of hydrogen-bond donors (Lipinski definition) is 0. The number of non-ortho nitro benzene ring substituents is 2. The number of fused-ring (bicyclic) bond motifs is 2. The Balaban J connectivity index is 0.000000177. The van der Waals surface area contributed by atoms with Crippen LogP contribution >= 0.6 is 0 Å². The molecule has 4 heterocycles. The van der Waals surface area contributed by atoms with E-state index in [-0.39, 0.29) is 46.7 Å². The van der Waals surface area contributed by atoms with E-state index < -0.39 is 19.7 Å². The second kappa shape index (κ2) is 16.8. The number of aromatic nitrogens is 2. The van der Waals surface area contributed by atoms with E-state index in [1.807, 2.05) is 12.1 Å². The molecule has 58 heavy (non-hydrogen) atoms. The Morgan fingerprint density at radius 3 is 1.17 bits per heavy atom. The Hall–Kier alpha value is -8.02. The highest BCUT2D eigenvalue weighted by Gasteiger charge is 2.24. The average molecular weight is 787 g/mol. The molecule has 0 amide bonds. The average Bonchev–Trinajstić information content (AvgIpc) is 3.24. The summed E-state index contributed by atoms with van der Waals surface area (Å²) < 4.78 is 23.4. The zero-order valence-electron chi connectivity index (χ0n) is 30.1. The number of nitro benzene ring substituents is 2. The van der Waals surface area contributed by atoms with Crippen LogP contribution in [0.1, 0.15) is 47.3 Å². The van der Waals surface area contributed by atoms with E-state index in [0.717, 1.165) is 71.8 Å². The predicted octanol–water partition coefficient (Wildman–Crippen LogP) is 9.51. The van der Waals surface area contributed by atoms with Crippen molar-refractivity contribution in [3.8, 4) is 34.8 Å². The van der Waals surface area contributed by atoms with Crippen molar-refractivity contribution >= 4 is 22.7 Å². The van der Waals surface area contributed by atoms with Crippen LogP contribution in [0.25, 0.3) is 0 Å². The molecule has 0 fully saturated rings. The van der Waals surface area contributed by atoms with E-state index in [0.29, 0.717) is 11.5 Å². The lowest BCUT2D eigenvalue weighted by molar-refractivity contribution is -0.385. The quantitative estimate of drug-likeness (QED) is 0.0928.